The molecule has 0 unspecified atom stereocenters. The van der Waals surface area contributed by atoms with E-state index in [4.69, 9.17) is 15.0 Å². The van der Waals surface area contributed by atoms with Crippen LogP contribution in [0.2, 0.25) is 0 Å². The zero-order chi connectivity index (χ0) is 20.9. The van der Waals surface area contributed by atoms with Gasteiger partial charge in [-0.15, -0.1) is 0 Å². The first-order valence-electron chi connectivity index (χ1n) is 12.0. The van der Waals surface area contributed by atoms with Crippen molar-refractivity contribution < 1.29 is 0 Å². The van der Waals surface area contributed by atoms with Gasteiger partial charge in [0.1, 0.15) is 5.82 Å². The van der Waals surface area contributed by atoms with Crippen LogP contribution in [0.5, 0.6) is 0 Å². The molecule has 1 aromatic rings. The highest BCUT2D eigenvalue weighted by molar-refractivity contribution is 5.40. The maximum absolute atomic E-state index is 5.03. The van der Waals surface area contributed by atoms with Gasteiger partial charge in [0, 0.05) is 50.2 Å². The first kappa shape index (κ1) is 21.7. The van der Waals surface area contributed by atoms with E-state index < -0.39 is 0 Å². The predicted molar refractivity (Wildman–Crippen MR) is 122 cm³/mol. The normalized spacial score (nSPS) is 26.9. The molecule has 3 heterocycles. The SMILES string of the molecule is CNC1CCC(c2nc(N3CCC(NC)CC3)nc(N3CCC(NC)CC3)n2)CC1. The van der Waals surface area contributed by atoms with Gasteiger partial charge >= 0.3 is 0 Å². The number of hydrogen-bond acceptors (Lipinski definition) is 8. The van der Waals surface area contributed by atoms with Crippen LogP contribution in [0.4, 0.5) is 11.9 Å². The summed E-state index contributed by atoms with van der Waals surface area (Å²) in [6, 6.07) is 1.86. The summed E-state index contributed by atoms with van der Waals surface area (Å²) in [7, 11) is 6.21. The van der Waals surface area contributed by atoms with Crippen LogP contribution in [0, 0.1) is 0 Å². The van der Waals surface area contributed by atoms with Crippen LogP contribution < -0.4 is 25.8 Å². The Balaban J connectivity index is 1.54. The number of aromatic nitrogens is 3. The predicted octanol–water partition coefficient (Wildman–Crippen LogP) is 1.49. The van der Waals surface area contributed by atoms with Crippen LogP contribution >= 0.6 is 0 Å². The molecule has 1 aromatic heterocycles. The quantitative estimate of drug-likeness (QED) is 0.644. The largest absolute Gasteiger partial charge is 0.341 e. The summed E-state index contributed by atoms with van der Waals surface area (Å²) < 4.78 is 0. The third-order valence-electron chi connectivity index (χ3n) is 7.50. The van der Waals surface area contributed by atoms with Crippen LogP contribution in [0.25, 0.3) is 0 Å². The molecule has 2 saturated heterocycles. The van der Waals surface area contributed by atoms with Gasteiger partial charge in [0.05, 0.1) is 0 Å². The van der Waals surface area contributed by atoms with E-state index in [1.165, 1.54) is 12.8 Å². The minimum absolute atomic E-state index is 0.458. The van der Waals surface area contributed by atoms with Crippen molar-refractivity contribution in [2.24, 2.45) is 0 Å². The van der Waals surface area contributed by atoms with Crippen molar-refractivity contribution in [1.82, 2.24) is 30.9 Å². The lowest BCUT2D eigenvalue weighted by atomic mass is 9.85. The second kappa shape index (κ2) is 10.2. The Kier molecular flexibility index (Phi) is 7.38. The summed E-state index contributed by atoms with van der Waals surface area (Å²) in [6.45, 7) is 4.07. The molecule has 168 valence electrons. The van der Waals surface area contributed by atoms with Crippen LogP contribution in [0.3, 0.4) is 0 Å². The van der Waals surface area contributed by atoms with Crippen LogP contribution in [0.1, 0.15) is 63.1 Å². The van der Waals surface area contributed by atoms with Gasteiger partial charge in [-0.25, -0.2) is 0 Å². The van der Waals surface area contributed by atoms with E-state index in [0.717, 1.165) is 82.4 Å². The first-order valence-corrected chi connectivity index (χ1v) is 12.0. The smallest absolute Gasteiger partial charge is 0.230 e. The van der Waals surface area contributed by atoms with Crippen molar-refractivity contribution in [1.29, 1.82) is 0 Å². The molecule has 3 aliphatic rings. The van der Waals surface area contributed by atoms with Gasteiger partial charge in [-0.2, -0.15) is 15.0 Å². The molecule has 0 spiro atoms. The Bertz CT molecular complexity index is 556. The number of hydrogen-bond donors (Lipinski definition) is 3. The van der Waals surface area contributed by atoms with Crippen molar-refractivity contribution in [2.45, 2.75) is 75.4 Å². The Morgan fingerprint density at radius 2 is 0.967 bits per heavy atom. The molecule has 0 atom stereocenters. The van der Waals surface area contributed by atoms with Gasteiger partial charge in [0.25, 0.3) is 0 Å². The maximum atomic E-state index is 5.03. The summed E-state index contributed by atoms with van der Waals surface area (Å²) in [5, 5.41) is 10.3. The topological polar surface area (TPSA) is 81.2 Å². The van der Waals surface area contributed by atoms with Gasteiger partial charge < -0.3 is 25.8 Å². The second-order valence-corrected chi connectivity index (χ2v) is 9.23. The van der Waals surface area contributed by atoms with Gasteiger partial charge in [-0.3, -0.25) is 0 Å². The molecule has 0 radical (unpaired) electrons. The summed E-state index contributed by atoms with van der Waals surface area (Å²) in [4.78, 5) is 19.8. The Labute approximate surface area is 181 Å². The number of anilines is 2. The average Bonchev–Trinajstić information content (AvgIpc) is 2.84. The summed E-state index contributed by atoms with van der Waals surface area (Å²) in [5.41, 5.74) is 0. The minimum Gasteiger partial charge on any atom is -0.341 e. The minimum atomic E-state index is 0.458. The van der Waals surface area contributed by atoms with Gasteiger partial charge in [-0.05, 0) is 72.5 Å². The van der Waals surface area contributed by atoms with Gasteiger partial charge in [0.2, 0.25) is 11.9 Å². The maximum Gasteiger partial charge on any atom is 0.230 e. The summed E-state index contributed by atoms with van der Waals surface area (Å²) in [6.07, 6.45) is 9.33. The number of rotatable bonds is 6. The Morgan fingerprint density at radius 3 is 1.37 bits per heavy atom. The third kappa shape index (κ3) is 5.03. The fourth-order valence-corrected chi connectivity index (χ4v) is 5.21. The fourth-order valence-electron chi connectivity index (χ4n) is 5.21. The summed E-state index contributed by atoms with van der Waals surface area (Å²) in [5.74, 6) is 3.28. The van der Waals surface area contributed by atoms with E-state index >= 15 is 0 Å². The zero-order valence-electron chi connectivity index (χ0n) is 19.0. The highest BCUT2D eigenvalue weighted by atomic mass is 15.3. The molecule has 3 fully saturated rings. The van der Waals surface area contributed by atoms with Crippen LogP contribution in [0.15, 0.2) is 0 Å². The molecule has 2 aliphatic heterocycles. The highest BCUT2D eigenvalue weighted by Crippen LogP contribution is 2.33. The molecule has 0 bridgehead atoms. The van der Waals surface area contributed by atoms with Crippen LogP contribution in [-0.2, 0) is 0 Å². The molecule has 4 rings (SSSR count). The van der Waals surface area contributed by atoms with Gasteiger partial charge in [0.15, 0.2) is 0 Å². The van der Waals surface area contributed by atoms with Crippen molar-refractivity contribution >= 4 is 11.9 Å². The van der Waals surface area contributed by atoms with Gasteiger partial charge in [-0.1, -0.05) is 0 Å². The molecule has 1 saturated carbocycles. The van der Waals surface area contributed by atoms with Crippen molar-refractivity contribution in [3.63, 3.8) is 0 Å². The highest BCUT2D eigenvalue weighted by Gasteiger charge is 2.28. The van der Waals surface area contributed by atoms with E-state index in [-0.39, 0.29) is 0 Å². The molecule has 3 N–H and O–H groups in total. The lowest BCUT2D eigenvalue weighted by Crippen LogP contribution is -2.43. The van der Waals surface area contributed by atoms with E-state index in [9.17, 15) is 0 Å². The Morgan fingerprint density at radius 1 is 0.567 bits per heavy atom. The number of piperidine rings is 2. The molecular formula is C22H40N8. The monoisotopic (exact) mass is 416 g/mol. The molecule has 8 heteroatoms. The average molecular weight is 417 g/mol. The van der Waals surface area contributed by atoms with E-state index in [2.05, 4.69) is 46.9 Å². The second-order valence-electron chi connectivity index (χ2n) is 9.23. The van der Waals surface area contributed by atoms with Crippen molar-refractivity contribution in [2.75, 3.05) is 57.1 Å². The lowest BCUT2D eigenvalue weighted by molar-refractivity contribution is 0.349. The molecule has 1 aliphatic carbocycles. The molecule has 30 heavy (non-hydrogen) atoms. The van der Waals surface area contributed by atoms with E-state index in [1.807, 2.05) is 0 Å². The molecule has 0 amide bonds. The third-order valence-corrected chi connectivity index (χ3v) is 7.50. The van der Waals surface area contributed by atoms with Crippen molar-refractivity contribution in [3.8, 4) is 0 Å². The van der Waals surface area contributed by atoms with Crippen molar-refractivity contribution in [3.05, 3.63) is 5.82 Å². The zero-order valence-corrected chi connectivity index (χ0v) is 19.0. The Hall–Kier alpha value is -1.51. The van der Waals surface area contributed by atoms with E-state index in [1.54, 1.807) is 0 Å². The number of nitrogens with one attached hydrogen (secondary N) is 3. The summed E-state index contributed by atoms with van der Waals surface area (Å²) >= 11 is 0. The standard InChI is InChI=1S/C22H40N8/c1-23-17-6-4-16(5-7-17)20-26-21(29-12-8-18(24-2)9-13-29)28-22(27-20)30-14-10-19(25-3)11-15-30/h16-19,23-25H,4-15H2,1-3H3. The molecule has 0 aromatic carbocycles. The fraction of sp³-hybridized carbons (Fsp3) is 0.864. The first-order chi connectivity index (χ1) is 14.7. The lowest BCUT2D eigenvalue weighted by Gasteiger charge is -2.35. The molecular weight excluding hydrogens is 376 g/mol. The molecule has 8 nitrogen and oxygen atoms in total. The van der Waals surface area contributed by atoms with Crippen LogP contribution in [-0.4, -0.2) is 80.4 Å². The van der Waals surface area contributed by atoms with E-state index in [0.29, 0.717) is 24.0 Å². The number of nitrogens with zero attached hydrogens (tertiary/aromatic N) is 5.